The summed E-state index contributed by atoms with van der Waals surface area (Å²) in [6.45, 7) is 3.31. The number of para-hydroxylation sites is 1. The third-order valence-corrected chi connectivity index (χ3v) is 6.38. The van der Waals surface area contributed by atoms with E-state index in [4.69, 9.17) is 4.74 Å². The highest BCUT2D eigenvalue weighted by atomic mass is 32.2. The van der Waals surface area contributed by atoms with Gasteiger partial charge in [0.1, 0.15) is 12.4 Å². The number of ether oxygens (including phenoxy) is 1. The van der Waals surface area contributed by atoms with Gasteiger partial charge >= 0.3 is 0 Å². The molecule has 3 aromatic carbocycles. The minimum Gasteiger partial charge on any atom is -0.486 e. The standard InChI is InChI=1S/C26H23N5O5S/c1-17(32)19-8-10-20(11-9-19)27-25(33)18(2)37-26-29-28-24(30(26)21-6-4-3-5-7-21)16-36-23-14-12-22(13-15-23)31(34)35/h3-15,18H,16H2,1-2H3,(H,27,33). The van der Waals surface area contributed by atoms with Crippen LogP contribution < -0.4 is 10.1 Å². The van der Waals surface area contributed by atoms with E-state index >= 15 is 0 Å². The van der Waals surface area contributed by atoms with Crippen LogP contribution in [0.4, 0.5) is 11.4 Å². The van der Waals surface area contributed by atoms with Crippen molar-refractivity contribution < 1.29 is 19.2 Å². The molecule has 1 N–H and O–H groups in total. The molecule has 0 aliphatic carbocycles. The number of nitro groups is 1. The van der Waals surface area contributed by atoms with Gasteiger partial charge < -0.3 is 10.1 Å². The summed E-state index contributed by atoms with van der Waals surface area (Å²) >= 11 is 1.24. The Morgan fingerprint density at radius 1 is 1.03 bits per heavy atom. The maximum atomic E-state index is 12.8. The highest BCUT2D eigenvalue weighted by Gasteiger charge is 2.22. The Labute approximate surface area is 216 Å². The van der Waals surface area contributed by atoms with Crippen LogP contribution in [0.1, 0.15) is 30.0 Å². The number of nitro benzene ring substituents is 1. The van der Waals surface area contributed by atoms with E-state index in [1.54, 1.807) is 31.2 Å². The van der Waals surface area contributed by atoms with Crippen molar-refractivity contribution in [2.24, 2.45) is 0 Å². The van der Waals surface area contributed by atoms with Gasteiger partial charge in [0, 0.05) is 29.1 Å². The molecule has 4 rings (SSSR count). The number of amides is 1. The maximum Gasteiger partial charge on any atom is 0.269 e. The van der Waals surface area contributed by atoms with Crippen LogP contribution in [0.3, 0.4) is 0 Å². The summed E-state index contributed by atoms with van der Waals surface area (Å²) in [6, 6.07) is 21.9. The molecule has 0 saturated carbocycles. The third-order valence-electron chi connectivity index (χ3n) is 5.34. The number of anilines is 1. The molecular formula is C26H23N5O5S. The van der Waals surface area contributed by atoms with Crippen molar-refractivity contribution >= 4 is 34.8 Å². The molecule has 0 spiro atoms. The summed E-state index contributed by atoms with van der Waals surface area (Å²) in [7, 11) is 0. The molecule has 1 amide bonds. The zero-order valence-corrected chi connectivity index (χ0v) is 20.8. The number of hydrogen-bond donors (Lipinski definition) is 1. The molecule has 0 radical (unpaired) electrons. The van der Waals surface area contributed by atoms with Crippen LogP contribution in [0.15, 0.2) is 84.0 Å². The Kier molecular flexibility index (Phi) is 7.94. The molecule has 11 heteroatoms. The number of carbonyl (C=O) groups excluding carboxylic acids is 2. The average molecular weight is 518 g/mol. The Balaban J connectivity index is 1.49. The average Bonchev–Trinajstić information content (AvgIpc) is 3.30. The van der Waals surface area contributed by atoms with Gasteiger partial charge in [-0.3, -0.25) is 24.3 Å². The van der Waals surface area contributed by atoms with Crippen LogP contribution in [0, 0.1) is 10.1 Å². The van der Waals surface area contributed by atoms with Crippen molar-refractivity contribution in [3.05, 3.63) is 100 Å². The lowest BCUT2D eigenvalue weighted by Crippen LogP contribution is -2.23. The number of hydrogen-bond acceptors (Lipinski definition) is 8. The molecule has 10 nitrogen and oxygen atoms in total. The lowest BCUT2D eigenvalue weighted by molar-refractivity contribution is -0.384. The van der Waals surface area contributed by atoms with E-state index in [0.717, 1.165) is 5.69 Å². The van der Waals surface area contributed by atoms with Crippen molar-refractivity contribution in [3.8, 4) is 11.4 Å². The van der Waals surface area contributed by atoms with E-state index in [0.29, 0.717) is 28.0 Å². The van der Waals surface area contributed by atoms with E-state index in [-0.39, 0.29) is 24.0 Å². The smallest absolute Gasteiger partial charge is 0.269 e. The molecule has 4 aromatic rings. The first-order valence-electron chi connectivity index (χ1n) is 11.3. The number of nitrogens with zero attached hydrogens (tertiary/aromatic N) is 4. The number of non-ortho nitro benzene ring substituents is 1. The molecule has 0 fully saturated rings. The van der Waals surface area contributed by atoms with Gasteiger partial charge in [-0.05, 0) is 62.4 Å². The van der Waals surface area contributed by atoms with E-state index in [9.17, 15) is 19.7 Å². The second kappa shape index (κ2) is 11.5. The lowest BCUT2D eigenvalue weighted by Gasteiger charge is -2.14. The minimum atomic E-state index is -0.511. The number of carbonyl (C=O) groups is 2. The summed E-state index contributed by atoms with van der Waals surface area (Å²) in [5, 5.41) is 22.3. The predicted molar refractivity (Wildman–Crippen MR) is 139 cm³/mol. The fourth-order valence-corrected chi connectivity index (χ4v) is 4.25. The molecule has 0 saturated heterocycles. The van der Waals surface area contributed by atoms with Gasteiger partial charge in [0.25, 0.3) is 5.69 Å². The van der Waals surface area contributed by atoms with Crippen LogP contribution in [0.5, 0.6) is 5.75 Å². The highest BCUT2D eigenvalue weighted by molar-refractivity contribution is 8.00. The largest absolute Gasteiger partial charge is 0.486 e. The second-order valence-electron chi connectivity index (χ2n) is 7.99. The molecule has 1 unspecified atom stereocenters. The zero-order valence-electron chi connectivity index (χ0n) is 20.0. The summed E-state index contributed by atoms with van der Waals surface area (Å²) in [4.78, 5) is 34.7. The van der Waals surface area contributed by atoms with Gasteiger partial charge in [0.2, 0.25) is 5.91 Å². The molecule has 0 bridgehead atoms. The lowest BCUT2D eigenvalue weighted by atomic mass is 10.1. The van der Waals surface area contributed by atoms with Crippen molar-refractivity contribution in [3.63, 3.8) is 0 Å². The van der Waals surface area contributed by atoms with Gasteiger partial charge in [-0.25, -0.2) is 0 Å². The molecule has 1 atom stereocenters. The van der Waals surface area contributed by atoms with Crippen LogP contribution in [0.2, 0.25) is 0 Å². The van der Waals surface area contributed by atoms with Gasteiger partial charge in [0.05, 0.1) is 10.2 Å². The Bertz CT molecular complexity index is 1410. The topological polar surface area (TPSA) is 129 Å². The summed E-state index contributed by atoms with van der Waals surface area (Å²) in [6.07, 6.45) is 0. The third kappa shape index (κ3) is 6.39. The van der Waals surface area contributed by atoms with Gasteiger partial charge in [-0.1, -0.05) is 30.0 Å². The Hall–Kier alpha value is -4.51. The molecule has 188 valence electrons. The van der Waals surface area contributed by atoms with E-state index in [1.807, 2.05) is 34.9 Å². The number of Topliss-reactive ketones (excluding diaryl/α,β-unsaturated/α-hetero) is 1. The first-order chi connectivity index (χ1) is 17.8. The van der Waals surface area contributed by atoms with Crippen molar-refractivity contribution in [1.82, 2.24) is 14.8 Å². The first-order valence-corrected chi connectivity index (χ1v) is 12.2. The number of benzene rings is 3. The highest BCUT2D eigenvalue weighted by Crippen LogP contribution is 2.27. The fraction of sp³-hybridized carbons (Fsp3) is 0.154. The number of thioether (sulfide) groups is 1. The van der Waals surface area contributed by atoms with E-state index in [1.165, 1.54) is 43.0 Å². The fourth-order valence-electron chi connectivity index (χ4n) is 3.36. The monoisotopic (exact) mass is 517 g/mol. The second-order valence-corrected chi connectivity index (χ2v) is 9.30. The predicted octanol–water partition coefficient (Wildman–Crippen LogP) is 5.08. The quantitative estimate of drug-likeness (QED) is 0.133. The molecule has 1 heterocycles. The molecular weight excluding hydrogens is 494 g/mol. The maximum absolute atomic E-state index is 12.8. The number of rotatable bonds is 10. The van der Waals surface area contributed by atoms with Crippen molar-refractivity contribution in [2.75, 3.05) is 5.32 Å². The molecule has 1 aromatic heterocycles. The van der Waals surface area contributed by atoms with Crippen molar-refractivity contribution in [2.45, 2.75) is 30.9 Å². The molecule has 0 aliphatic heterocycles. The van der Waals surface area contributed by atoms with Gasteiger partial charge in [0.15, 0.2) is 16.8 Å². The first kappa shape index (κ1) is 25.6. The number of ketones is 1. The van der Waals surface area contributed by atoms with Gasteiger partial charge in [-0.15, -0.1) is 10.2 Å². The van der Waals surface area contributed by atoms with E-state index in [2.05, 4.69) is 15.5 Å². The van der Waals surface area contributed by atoms with Gasteiger partial charge in [-0.2, -0.15) is 0 Å². The number of nitrogens with one attached hydrogen (secondary N) is 1. The van der Waals surface area contributed by atoms with Crippen LogP contribution in [-0.4, -0.2) is 36.6 Å². The normalized spacial score (nSPS) is 11.5. The van der Waals surface area contributed by atoms with Crippen LogP contribution >= 0.6 is 11.8 Å². The van der Waals surface area contributed by atoms with Crippen LogP contribution in [0.25, 0.3) is 5.69 Å². The van der Waals surface area contributed by atoms with E-state index < -0.39 is 10.2 Å². The minimum absolute atomic E-state index is 0.0273. The summed E-state index contributed by atoms with van der Waals surface area (Å²) in [5.74, 6) is 0.674. The Morgan fingerprint density at radius 3 is 2.32 bits per heavy atom. The summed E-state index contributed by atoms with van der Waals surface area (Å²) in [5.41, 5.74) is 1.93. The van der Waals surface area contributed by atoms with Crippen LogP contribution in [-0.2, 0) is 11.4 Å². The molecule has 0 aliphatic rings. The van der Waals surface area contributed by atoms with Crippen molar-refractivity contribution in [1.29, 1.82) is 0 Å². The number of aromatic nitrogens is 3. The zero-order chi connectivity index (χ0) is 26.4. The summed E-state index contributed by atoms with van der Waals surface area (Å²) < 4.78 is 7.61. The Morgan fingerprint density at radius 2 is 1.70 bits per heavy atom. The SMILES string of the molecule is CC(=O)c1ccc(NC(=O)C(C)Sc2nnc(COc3ccc([N+](=O)[O-])cc3)n2-c2ccccc2)cc1. The molecule has 37 heavy (non-hydrogen) atoms.